The molecule has 2 rings (SSSR count). The Morgan fingerprint density at radius 3 is 3.06 bits per heavy atom. The molecule has 0 aromatic carbocycles. The summed E-state index contributed by atoms with van der Waals surface area (Å²) in [7, 11) is 0. The van der Waals surface area contributed by atoms with Crippen molar-refractivity contribution < 1.29 is 9.53 Å². The van der Waals surface area contributed by atoms with Crippen molar-refractivity contribution in [3.63, 3.8) is 0 Å². The van der Waals surface area contributed by atoms with E-state index in [-0.39, 0.29) is 0 Å². The van der Waals surface area contributed by atoms with Gasteiger partial charge in [0, 0.05) is 11.6 Å². The van der Waals surface area contributed by atoms with Crippen LogP contribution in [0.25, 0.3) is 11.0 Å². The number of unbranched alkanes of at least 4 members (excludes halogenated alkanes) is 1. The number of nitrogens with zero attached hydrogens (tertiary/aromatic N) is 2. The van der Waals surface area contributed by atoms with Gasteiger partial charge >= 0.3 is 6.09 Å². The molecule has 0 saturated carbocycles. The average Bonchev–Trinajstić information content (AvgIpc) is 2.72. The zero-order valence-electron chi connectivity index (χ0n) is 9.52. The number of fused-ring (bicyclic) bond motifs is 1. The number of pyridine rings is 1. The summed E-state index contributed by atoms with van der Waals surface area (Å²) in [4.78, 5) is 15.9. The molecular weight excluding hydrogens is 240 g/mol. The maximum absolute atomic E-state index is 11.8. The van der Waals surface area contributed by atoms with Gasteiger partial charge in [-0.2, -0.15) is 0 Å². The molecule has 0 bridgehead atoms. The molecule has 0 atom stereocenters. The Morgan fingerprint density at radius 2 is 2.29 bits per heavy atom. The minimum absolute atomic E-state index is 0.360. The SMILES string of the molecule is CCCCOC(=O)n1ccc2ccc(Cl)nc21. The third-order valence-electron chi connectivity index (χ3n) is 2.42. The van der Waals surface area contributed by atoms with Gasteiger partial charge in [0.1, 0.15) is 5.15 Å². The molecule has 0 aliphatic heterocycles. The van der Waals surface area contributed by atoms with E-state index in [1.807, 2.05) is 13.0 Å². The standard InChI is InChI=1S/C12H13ClN2O2/c1-2-3-8-17-12(16)15-7-6-9-4-5-10(13)14-11(9)15/h4-7H,2-3,8H2,1H3. The topological polar surface area (TPSA) is 44.1 Å². The summed E-state index contributed by atoms with van der Waals surface area (Å²) < 4.78 is 6.49. The van der Waals surface area contributed by atoms with Crippen LogP contribution < -0.4 is 0 Å². The average molecular weight is 253 g/mol. The van der Waals surface area contributed by atoms with E-state index in [0.29, 0.717) is 17.4 Å². The molecule has 0 spiro atoms. The van der Waals surface area contributed by atoms with E-state index in [1.165, 1.54) is 4.57 Å². The van der Waals surface area contributed by atoms with Crippen LogP contribution in [0.15, 0.2) is 24.4 Å². The molecule has 2 heterocycles. The van der Waals surface area contributed by atoms with Crippen LogP contribution in [-0.4, -0.2) is 22.3 Å². The Morgan fingerprint density at radius 1 is 1.47 bits per heavy atom. The first-order valence-electron chi connectivity index (χ1n) is 5.53. The fraction of sp³-hybridized carbons (Fsp3) is 0.333. The van der Waals surface area contributed by atoms with Crippen molar-refractivity contribution in [1.82, 2.24) is 9.55 Å². The molecule has 4 nitrogen and oxygen atoms in total. The zero-order valence-corrected chi connectivity index (χ0v) is 10.3. The number of halogens is 1. The van der Waals surface area contributed by atoms with Crippen LogP contribution in [-0.2, 0) is 4.74 Å². The lowest BCUT2D eigenvalue weighted by Crippen LogP contribution is -2.13. The van der Waals surface area contributed by atoms with Crippen LogP contribution in [0.2, 0.25) is 5.15 Å². The normalized spacial score (nSPS) is 10.7. The Labute approximate surface area is 104 Å². The van der Waals surface area contributed by atoms with Gasteiger partial charge < -0.3 is 4.74 Å². The molecule has 90 valence electrons. The summed E-state index contributed by atoms with van der Waals surface area (Å²) in [6.45, 7) is 2.47. The summed E-state index contributed by atoms with van der Waals surface area (Å²) in [6.07, 6.45) is 3.08. The lowest BCUT2D eigenvalue weighted by atomic mass is 10.3. The predicted octanol–water partition coefficient (Wildman–Crippen LogP) is 3.47. The highest BCUT2D eigenvalue weighted by atomic mass is 35.5. The highest BCUT2D eigenvalue weighted by molar-refractivity contribution is 6.29. The second kappa shape index (κ2) is 5.19. The molecule has 0 aliphatic carbocycles. The van der Waals surface area contributed by atoms with E-state index >= 15 is 0 Å². The molecule has 0 fully saturated rings. The highest BCUT2D eigenvalue weighted by Gasteiger charge is 2.11. The Hall–Kier alpha value is -1.55. The van der Waals surface area contributed by atoms with Crippen LogP contribution >= 0.6 is 11.6 Å². The third-order valence-corrected chi connectivity index (χ3v) is 2.63. The quantitative estimate of drug-likeness (QED) is 0.621. The molecule has 0 aliphatic rings. The lowest BCUT2D eigenvalue weighted by Gasteiger charge is -2.05. The van der Waals surface area contributed by atoms with Gasteiger partial charge in [0.2, 0.25) is 0 Å². The first-order chi connectivity index (χ1) is 8.22. The molecule has 2 aromatic heterocycles. The summed E-state index contributed by atoms with van der Waals surface area (Å²) >= 11 is 5.80. The number of hydrogen-bond acceptors (Lipinski definition) is 3. The number of carbonyl (C=O) groups is 1. The van der Waals surface area contributed by atoms with E-state index in [9.17, 15) is 4.79 Å². The van der Waals surface area contributed by atoms with E-state index in [4.69, 9.17) is 16.3 Å². The van der Waals surface area contributed by atoms with E-state index in [0.717, 1.165) is 18.2 Å². The largest absolute Gasteiger partial charge is 0.449 e. The fourth-order valence-corrected chi connectivity index (χ4v) is 1.65. The molecule has 0 N–H and O–H groups in total. The van der Waals surface area contributed by atoms with Crippen LogP contribution in [0.4, 0.5) is 4.79 Å². The highest BCUT2D eigenvalue weighted by Crippen LogP contribution is 2.16. The summed E-state index contributed by atoms with van der Waals surface area (Å²) in [5.41, 5.74) is 0.527. The van der Waals surface area contributed by atoms with Gasteiger partial charge in [-0.15, -0.1) is 0 Å². The van der Waals surface area contributed by atoms with Crippen molar-refractivity contribution in [3.8, 4) is 0 Å². The van der Waals surface area contributed by atoms with Gasteiger partial charge in [-0.3, -0.25) is 0 Å². The van der Waals surface area contributed by atoms with Gasteiger partial charge in [-0.1, -0.05) is 24.9 Å². The second-order valence-corrected chi connectivity index (χ2v) is 4.09. The first kappa shape index (κ1) is 11.9. The molecule has 0 amide bonds. The van der Waals surface area contributed by atoms with Crippen molar-refractivity contribution in [2.45, 2.75) is 19.8 Å². The van der Waals surface area contributed by atoms with Gasteiger partial charge in [0.25, 0.3) is 0 Å². The molecule has 0 radical (unpaired) electrons. The van der Waals surface area contributed by atoms with Crippen molar-refractivity contribution in [3.05, 3.63) is 29.5 Å². The molecule has 0 unspecified atom stereocenters. The smallest absolute Gasteiger partial charge is 0.419 e. The monoisotopic (exact) mass is 252 g/mol. The zero-order chi connectivity index (χ0) is 12.3. The van der Waals surface area contributed by atoms with Gasteiger partial charge in [0.15, 0.2) is 5.65 Å². The Balaban J connectivity index is 2.23. The number of hydrogen-bond donors (Lipinski definition) is 0. The summed E-state index contributed by atoms with van der Waals surface area (Å²) in [5, 5.41) is 1.22. The van der Waals surface area contributed by atoms with Crippen LogP contribution in [0, 0.1) is 0 Å². The molecule has 2 aromatic rings. The number of ether oxygens (including phenoxy) is 1. The minimum atomic E-state index is -0.414. The fourth-order valence-electron chi connectivity index (χ4n) is 1.51. The minimum Gasteiger partial charge on any atom is -0.449 e. The predicted molar refractivity (Wildman–Crippen MR) is 66.4 cm³/mol. The summed E-state index contributed by atoms with van der Waals surface area (Å²) in [5.74, 6) is 0. The number of aromatic nitrogens is 2. The van der Waals surface area contributed by atoms with Gasteiger partial charge in [0.05, 0.1) is 6.61 Å². The first-order valence-corrected chi connectivity index (χ1v) is 5.91. The molecule has 0 saturated heterocycles. The maximum Gasteiger partial charge on any atom is 0.419 e. The van der Waals surface area contributed by atoms with Crippen molar-refractivity contribution in [2.24, 2.45) is 0 Å². The van der Waals surface area contributed by atoms with Crippen LogP contribution in [0.1, 0.15) is 19.8 Å². The molecule has 17 heavy (non-hydrogen) atoms. The lowest BCUT2D eigenvalue weighted by molar-refractivity contribution is 0.147. The van der Waals surface area contributed by atoms with E-state index in [1.54, 1.807) is 18.3 Å². The van der Waals surface area contributed by atoms with E-state index < -0.39 is 6.09 Å². The number of carbonyl (C=O) groups excluding carboxylic acids is 1. The van der Waals surface area contributed by atoms with E-state index in [2.05, 4.69) is 4.98 Å². The second-order valence-electron chi connectivity index (χ2n) is 3.70. The maximum atomic E-state index is 11.8. The van der Waals surface area contributed by atoms with Crippen LogP contribution in [0.5, 0.6) is 0 Å². The van der Waals surface area contributed by atoms with Crippen LogP contribution in [0.3, 0.4) is 0 Å². The van der Waals surface area contributed by atoms with Gasteiger partial charge in [-0.05, 0) is 24.6 Å². The van der Waals surface area contributed by atoms with Crippen molar-refractivity contribution >= 4 is 28.7 Å². The van der Waals surface area contributed by atoms with Crippen molar-refractivity contribution in [1.29, 1.82) is 0 Å². The summed E-state index contributed by atoms with van der Waals surface area (Å²) in [6, 6.07) is 5.32. The number of rotatable bonds is 3. The Kier molecular flexibility index (Phi) is 3.64. The molecule has 5 heteroatoms. The Bertz CT molecular complexity index is 536. The van der Waals surface area contributed by atoms with Gasteiger partial charge in [-0.25, -0.2) is 14.3 Å². The van der Waals surface area contributed by atoms with Crippen molar-refractivity contribution in [2.75, 3.05) is 6.61 Å². The molecular formula is C12H13ClN2O2. The third kappa shape index (κ3) is 2.58.